The summed E-state index contributed by atoms with van der Waals surface area (Å²) in [7, 11) is 0. The van der Waals surface area contributed by atoms with Crippen LogP contribution in [0, 0.1) is 5.82 Å². The summed E-state index contributed by atoms with van der Waals surface area (Å²) in [6, 6.07) is 12.0. The van der Waals surface area contributed by atoms with Gasteiger partial charge in [-0.3, -0.25) is 5.84 Å². The molecule has 0 bridgehead atoms. The third-order valence-electron chi connectivity index (χ3n) is 2.96. The van der Waals surface area contributed by atoms with Crippen molar-refractivity contribution in [2.24, 2.45) is 5.84 Å². The van der Waals surface area contributed by atoms with Crippen LogP contribution in [-0.2, 0) is 0 Å². The van der Waals surface area contributed by atoms with E-state index in [0.29, 0.717) is 10.6 Å². The second kappa shape index (κ2) is 7.09. The summed E-state index contributed by atoms with van der Waals surface area (Å²) >= 11 is 7.90. The van der Waals surface area contributed by atoms with E-state index in [4.69, 9.17) is 17.4 Å². The lowest BCUT2D eigenvalue weighted by Crippen LogP contribution is -2.29. The van der Waals surface area contributed by atoms with Gasteiger partial charge in [0.2, 0.25) is 0 Å². The highest BCUT2D eigenvalue weighted by Crippen LogP contribution is 2.29. The van der Waals surface area contributed by atoms with E-state index in [2.05, 4.69) is 12.3 Å². The van der Waals surface area contributed by atoms with Crippen molar-refractivity contribution in [2.45, 2.75) is 17.9 Å². The van der Waals surface area contributed by atoms with Gasteiger partial charge in [-0.05, 0) is 47.2 Å². The van der Waals surface area contributed by atoms with Crippen LogP contribution in [0.3, 0.4) is 0 Å². The van der Waals surface area contributed by atoms with Gasteiger partial charge in [-0.15, -0.1) is 11.8 Å². The molecule has 0 aliphatic rings. The van der Waals surface area contributed by atoms with Gasteiger partial charge in [0.15, 0.2) is 0 Å². The first-order valence-corrected chi connectivity index (χ1v) is 7.66. The second-order valence-corrected chi connectivity index (χ2v) is 6.01. The van der Waals surface area contributed by atoms with E-state index in [0.717, 1.165) is 11.3 Å². The molecule has 2 aromatic rings. The molecule has 106 valence electrons. The smallest absolute Gasteiger partial charge is 0.123 e. The summed E-state index contributed by atoms with van der Waals surface area (Å²) in [6.07, 6.45) is 0. The Morgan fingerprint density at radius 2 is 1.95 bits per heavy atom. The van der Waals surface area contributed by atoms with Crippen molar-refractivity contribution in [3.8, 4) is 0 Å². The Hall–Kier alpha value is -1.07. The standard InChI is InChI=1S/C15H16ClFN2S/c1-2-20-12-6-3-10(4-7-12)15(19-18)13-9-11(17)5-8-14(13)16/h3-9,15,19H,2,18H2,1H3. The number of thioether (sulfide) groups is 1. The number of hydrogen-bond donors (Lipinski definition) is 2. The summed E-state index contributed by atoms with van der Waals surface area (Å²) in [5, 5.41) is 0.487. The van der Waals surface area contributed by atoms with E-state index in [-0.39, 0.29) is 11.9 Å². The molecule has 0 radical (unpaired) electrons. The van der Waals surface area contributed by atoms with Gasteiger partial charge in [0, 0.05) is 9.92 Å². The molecule has 3 N–H and O–H groups in total. The highest BCUT2D eigenvalue weighted by atomic mass is 35.5. The van der Waals surface area contributed by atoms with E-state index in [1.54, 1.807) is 11.8 Å². The van der Waals surface area contributed by atoms with Crippen LogP contribution < -0.4 is 11.3 Å². The zero-order valence-corrected chi connectivity index (χ0v) is 12.6. The minimum absolute atomic E-state index is 0.331. The molecule has 0 spiro atoms. The van der Waals surface area contributed by atoms with Gasteiger partial charge in [0.05, 0.1) is 6.04 Å². The SMILES string of the molecule is CCSc1ccc(C(NN)c2cc(F)ccc2Cl)cc1. The largest absolute Gasteiger partial charge is 0.271 e. The van der Waals surface area contributed by atoms with Crippen LogP contribution in [0.15, 0.2) is 47.4 Å². The summed E-state index contributed by atoms with van der Waals surface area (Å²) in [5.74, 6) is 6.31. The molecular weight excluding hydrogens is 295 g/mol. The maximum absolute atomic E-state index is 13.4. The fraction of sp³-hybridized carbons (Fsp3) is 0.200. The first kappa shape index (κ1) is 15.3. The van der Waals surface area contributed by atoms with Crippen molar-refractivity contribution in [3.05, 3.63) is 64.4 Å². The highest BCUT2D eigenvalue weighted by molar-refractivity contribution is 7.99. The molecule has 0 saturated heterocycles. The lowest BCUT2D eigenvalue weighted by Gasteiger charge is -2.18. The molecular formula is C15H16ClFN2S. The first-order chi connectivity index (χ1) is 9.65. The average molecular weight is 311 g/mol. The summed E-state index contributed by atoms with van der Waals surface area (Å²) in [4.78, 5) is 1.19. The molecule has 0 aromatic heterocycles. The van der Waals surface area contributed by atoms with Gasteiger partial charge in [-0.2, -0.15) is 0 Å². The van der Waals surface area contributed by atoms with E-state index in [1.807, 2.05) is 24.3 Å². The van der Waals surface area contributed by atoms with Crippen molar-refractivity contribution >= 4 is 23.4 Å². The first-order valence-electron chi connectivity index (χ1n) is 6.29. The molecule has 2 aromatic carbocycles. The van der Waals surface area contributed by atoms with Crippen LogP contribution in [-0.4, -0.2) is 5.75 Å². The fourth-order valence-electron chi connectivity index (χ4n) is 2.02. The number of nitrogens with one attached hydrogen (secondary N) is 1. The van der Waals surface area contributed by atoms with E-state index < -0.39 is 0 Å². The molecule has 1 unspecified atom stereocenters. The Kier molecular flexibility index (Phi) is 5.43. The third-order valence-corrected chi connectivity index (χ3v) is 4.20. The number of benzene rings is 2. The number of hydrazine groups is 1. The zero-order chi connectivity index (χ0) is 14.5. The average Bonchev–Trinajstić information content (AvgIpc) is 2.45. The maximum atomic E-state index is 13.4. The van der Waals surface area contributed by atoms with Crippen LogP contribution >= 0.6 is 23.4 Å². The maximum Gasteiger partial charge on any atom is 0.123 e. The molecule has 2 nitrogen and oxygen atoms in total. The van der Waals surface area contributed by atoms with Crippen molar-refractivity contribution < 1.29 is 4.39 Å². The Morgan fingerprint density at radius 3 is 2.55 bits per heavy atom. The monoisotopic (exact) mass is 310 g/mol. The molecule has 5 heteroatoms. The Balaban J connectivity index is 2.34. The number of rotatable bonds is 5. The minimum Gasteiger partial charge on any atom is -0.271 e. The molecule has 0 saturated carbocycles. The Morgan fingerprint density at radius 1 is 1.25 bits per heavy atom. The zero-order valence-electron chi connectivity index (χ0n) is 11.1. The molecule has 0 heterocycles. The van der Waals surface area contributed by atoms with Crippen molar-refractivity contribution in [1.29, 1.82) is 0 Å². The van der Waals surface area contributed by atoms with Crippen molar-refractivity contribution in [1.82, 2.24) is 5.43 Å². The quantitative estimate of drug-likeness (QED) is 0.495. The summed E-state index contributed by atoms with van der Waals surface area (Å²) in [5.41, 5.74) is 4.27. The van der Waals surface area contributed by atoms with E-state index in [1.165, 1.54) is 23.1 Å². The molecule has 0 aliphatic heterocycles. The topological polar surface area (TPSA) is 38.0 Å². The minimum atomic E-state index is -0.334. The lowest BCUT2D eigenvalue weighted by molar-refractivity contribution is 0.605. The number of nitrogens with two attached hydrogens (primary N) is 1. The summed E-state index contributed by atoms with van der Waals surface area (Å²) < 4.78 is 13.4. The van der Waals surface area contributed by atoms with Gasteiger partial charge in [0.25, 0.3) is 0 Å². The Bertz CT molecular complexity index is 575. The molecule has 20 heavy (non-hydrogen) atoms. The van der Waals surface area contributed by atoms with Gasteiger partial charge in [-0.1, -0.05) is 30.7 Å². The number of halogens is 2. The van der Waals surface area contributed by atoms with Gasteiger partial charge < -0.3 is 0 Å². The van der Waals surface area contributed by atoms with Crippen LogP contribution in [0.5, 0.6) is 0 Å². The molecule has 2 rings (SSSR count). The predicted octanol–water partition coefficient (Wildman–Crippen LogP) is 4.14. The van der Waals surface area contributed by atoms with Crippen LogP contribution in [0.4, 0.5) is 4.39 Å². The number of hydrogen-bond acceptors (Lipinski definition) is 3. The third kappa shape index (κ3) is 3.52. The van der Waals surface area contributed by atoms with Crippen LogP contribution in [0.2, 0.25) is 5.02 Å². The van der Waals surface area contributed by atoms with Gasteiger partial charge in [0.1, 0.15) is 5.82 Å². The second-order valence-electron chi connectivity index (χ2n) is 4.27. The van der Waals surface area contributed by atoms with Crippen molar-refractivity contribution in [3.63, 3.8) is 0 Å². The van der Waals surface area contributed by atoms with E-state index in [9.17, 15) is 4.39 Å². The van der Waals surface area contributed by atoms with Gasteiger partial charge in [-0.25, -0.2) is 9.82 Å². The molecule has 0 fully saturated rings. The van der Waals surface area contributed by atoms with E-state index >= 15 is 0 Å². The van der Waals surface area contributed by atoms with Crippen molar-refractivity contribution in [2.75, 3.05) is 5.75 Å². The van der Waals surface area contributed by atoms with Crippen LogP contribution in [0.1, 0.15) is 24.1 Å². The highest BCUT2D eigenvalue weighted by Gasteiger charge is 2.16. The fourth-order valence-corrected chi connectivity index (χ4v) is 2.91. The Labute approximate surface area is 127 Å². The normalized spacial score (nSPS) is 12.4. The molecule has 0 aliphatic carbocycles. The van der Waals surface area contributed by atoms with Crippen LogP contribution in [0.25, 0.3) is 0 Å². The molecule has 0 amide bonds. The predicted molar refractivity (Wildman–Crippen MR) is 83.4 cm³/mol. The summed E-state index contributed by atoms with van der Waals surface area (Å²) in [6.45, 7) is 2.11. The lowest BCUT2D eigenvalue weighted by atomic mass is 9.99. The van der Waals surface area contributed by atoms with Gasteiger partial charge >= 0.3 is 0 Å². The molecule has 1 atom stereocenters.